The molecule has 6 nitrogen and oxygen atoms in total. The van der Waals surface area contributed by atoms with Crippen molar-refractivity contribution in [2.24, 2.45) is 0 Å². The van der Waals surface area contributed by atoms with Crippen molar-refractivity contribution in [3.8, 4) is 0 Å². The SMILES string of the molecule is CC/C=C/C=C/C=C\CCCCCCCC(=O)OC(CCCCCC/C=C\C/C=C\C/C=C\CCCCC)CC(=O)NC(CO)C(O)CCCCCCCCCCCCC. The fourth-order valence-electron chi connectivity index (χ4n) is 7.26. The van der Waals surface area contributed by atoms with Gasteiger partial charge in [0.15, 0.2) is 0 Å². The molecule has 0 fully saturated rings. The lowest BCUT2D eigenvalue weighted by Crippen LogP contribution is -2.46. The number of ether oxygens (including phenoxy) is 1. The monoisotopic (exact) mass is 838 g/mol. The second-order valence-corrected chi connectivity index (χ2v) is 16.9. The Balaban J connectivity index is 4.69. The number of hydrogen-bond donors (Lipinski definition) is 3. The molecule has 346 valence electrons. The van der Waals surface area contributed by atoms with Crippen LogP contribution in [0.3, 0.4) is 0 Å². The van der Waals surface area contributed by atoms with E-state index in [0.717, 1.165) is 109 Å². The molecular weight excluding hydrogens is 743 g/mol. The van der Waals surface area contributed by atoms with E-state index in [1.54, 1.807) is 0 Å². The highest BCUT2D eigenvalue weighted by Crippen LogP contribution is 2.17. The van der Waals surface area contributed by atoms with Crippen molar-refractivity contribution in [2.45, 2.75) is 251 Å². The number of hydrogen-bond acceptors (Lipinski definition) is 5. The van der Waals surface area contributed by atoms with Crippen molar-refractivity contribution >= 4 is 11.9 Å². The summed E-state index contributed by atoms with van der Waals surface area (Å²) in [6.45, 7) is 6.30. The maximum atomic E-state index is 13.2. The van der Waals surface area contributed by atoms with Crippen LogP contribution in [0.1, 0.15) is 233 Å². The highest BCUT2D eigenvalue weighted by molar-refractivity contribution is 5.77. The van der Waals surface area contributed by atoms with E-state index in [2.05, 4.69) is 99.0 Å². The minimum Gasteiger partial charge on any atom is -0.462 e. The van der Waals surface area contributed by atoms with Crippen molar-refractivity contribution in [3.05, 3.63) is 72.9 Å². The van der Waals surface area contributed by atoms with Crippen LogP contribution in [0.5, 0.6) is 0 Å². The summed E-state index contributed by atoms with van der Waals surface area (Å²) in [5.41, 5.74) is 0. The summed E-state index contributed by atoms with van der Waals surface area (Å²) in [6.07, 6.45) is 59.5. The number of unbranched alkanes of at least 4 members (excludes halogenated alkanes) is 22. The molecule has 0 saturated heterocycles. The van der Waals surface area contributed by atoms with Gasteiger partial charge in [-0.2, -0.15) is 0 Å². The minimum atomic E-state index is -0.799. The van der Waals surface area contributed by atoms with Gasteiger partial charge in [-0.05, 0) is 83.5 Å². The van der Waals surface area contributed by atoms with E-state index in [9.17, 15) is 19.8 Å². The number of esters is 1. The summed E-state index contributed by atoms with van der Waals surface area (Å²) in [7, 11) is 0. The summed E-state index contributed by atoms with van der Waals surface area (Å²) < 4.78 is 5.91. The van der Waals surface area contributed by atoms with Gasteiger partial charge in [-0.3, -0.25) is 9.59 Å². The molecule has 0 aliphatic carbocycles. The molecule has 3 N–H and O–H groups in total. The summed E-state index contributed by atoms with van der Waals surface area (Å²) in [6, 6.07) is -0.715. The number of carbonyl (C=O) groups excluding carboxylic acids is 2. The zero-order valence-electron chi connectivity index (χ0n) is 39.3. The van der Waals surface area contributed by atoms with E-state index in [4.69, 9.17) is 4.74 Å². The van der Waals surface area contributed by atoms with Gasteiger partial charge < -0.3 is 20.3 Å². The van der Waals surface area contributed by atoms with Crippen molar-refractivity contribution < 1.29 is 24.5 Å². The topological polar surface area (TPSA) is 95.9 Å². The number of allylic oxidation sites excluding steroid dienone is 12. The van der Waals surface area contributed by atoms with E-state index >= 15 is 0 Å². The lowest BCUT2D eigenvalue weighted by atomic mass is 10.0. The summed E-state index contributed by atoms with van der Waals surface area (Å²) in [4.78, 5) is 26.1. The number of aliphatic hydroxyl groups excluding tert-OH is 2. The number of carbonyl (C=O) groups is 2. The van der Waals surface area contributed by atoms with Gasteiger partial charge in [-0.25, -0.2) is 0 Å². The number of aliphatic hydroxyl groups is 2. The molecule has 0 aromatic heterocycles. The quantitative estimate of drug-likeness (QED) is 0.0246. The molecule has 3 unspecified atom stereocenters. The molecule has 0 aromatic carbocycles. The van der Waals surface area contributed by atoms with Gasteiger partial charge in [-0.1, -0.05) is 209 Å². The third-order valence-electron chi connectivity index (χ3n) is 11.1. The Morgan fingerprint density at radius 1 is 0.517 bits per heavy atom. The van der Waals surface area contributed by atoms with E-state index in [1.807, 2.05) is 0 Å². The van der Waals surface area contributed by atoms with Crippen LogP contribution in [-0.2, 0) is 14.3 Å². The molecule has 0 spiro atoms. The first kappa shape index (κ1) is 57.3. The summed E-state index contributed by atoms with van der Waals surface area (Å²) >= 11 is 0. The van der Waals surface area contributed by atoms with Gasteiger partial charge in [0.05, 0.1) is 25.2 Å². The van der Waals surface area contributed by atoms with Gasteiger partial charge in [0.25, 0.3) is 0 Å². The maximum Gasteiger partial charge on any atom is 0.306 e. The lowest BCUT2D eigenvalue weighted by molar-refractivity contribution is -0.151. The first-order valence-corrected chi connectivity index (χ1v) is 25.2. The minimum absolute atomic E-state index is 0.0515. The average Bonchev–Trinajstić information content (AvgIpc) is 3.24. The number of amides is 1. The number of rotatable bonds is 44. The Bertz CT molecular complexity index is 1120. The first-order chi connectivity index (χ1) is 29.5. The molecule has 0 heterocycles. The second-order valence-electron chi connectivity index (χ2n) is 16.9. The van der Waals surface area contributed by atoms with Gasteiger partial charge >= 0.3 is 5.97 Å². The fourth-order valence-corrected chi connectivity index (χ4v) is 7.26. The van der Waals surface area contributed by atoms with Crippen LogP contribution >= 0.6 is 0 Å². The first-order valence-electron chi connectivity index (χ1n) is 25.2. The normalized spacial score (nSPS) is 13.9. The fraction of sp³-hybridized carbons (Fsp3) is 0.741. The van der Waals surface area contributed by atoms with E-state index in [1.165, 1.54) is 77.0 Å². The third-order valence-corrected chi connectivity index (χ3v) is 11.1. The average molecular weight is 838 g/mol. The lowest BCUT2D eigenvalue weighted by Gasteiger charge is -2.24. The van der Waals surface area contributed by atoms with Gasteiger partial charge in [0, 0.05) is 6.42 Å². The molecule has 0 bridgehead atoms. The molecular formula is C54H95NO5. The van der Waals surface area contributed by atoms with Crippen molar-refractivity contribution in [2.75, 3.05) is 6.61 Å². The van der Waals surface area contributed by atoms with Crippen molar-refractivity contribution in [3.63, 3.8) is 0 Å². The highest BCUT2D eigenvalue weighted by atomic mass is 16.5. The third kappa shape index (κ3) is 42.0. The predicted molar refractivity (Wildman–Crippen MR) is 259 cm³/mol. The molecule has 0 aliphatic heterocycles. The molecule has 0 rings (SSSR count). The van der Waals surface area contributed by atoms with E-state index in [0.29, 0.717) is 19.3 Å². The molecule has 0 aliphatic rings. The molecule has 60 heavy (non-hydrogen) atoms. The van der Waals surface area contributed by atoms with Crippen LogP contribution in [0.2, 0.25) is 0 Å². The van der Waals surface area contributed by atoms with Gasteiger partial charge in [0.1, 0.15) is 6.10 Å². The molecule has 0 aromatic rings. The molecule has 6 heteroatoms. The molecule has 0 radical (unpaired) electrons. The largest absolute Gasteiger partial charge is 0.462 e. The Hall–Kier alpha value is -2.70. The molecule has 1 amide bonds. The Kier molecular flexibility index (Phi) is 45.2. The van der Waals surface area contributed by atoms with Crippen LogP contribution in [0.15, 0.2) is 72.9 Å². The van der Waals surface area contributed by atoms with E-state index in [-0.39, 0.29) is 24.9 Å². The van der Waals surface area contributed by atoms with Crippen LogP contribution in [0.25, 0.3) is 0 Å². The van der Waals surface area contributed by atoms with Gasteiger partial charge in [0.2, 0.25) is 5.91 Å². The van der Waals surface area contributed by atoms with Crippen LogP contribution in [-0.4, -0.2) is 46.9 Å². The molecule has 3 atom stereocenters. The Labute approximate surface area is 371 Å². The zero-order chi connectivity index (χ0) is 43.8. The maximum absolute atomic E-state index is 13.2. The second kappa shape index (κ2) is 47.4. The van der Waals surface area contributed by atoms with Crippen LogP contribution in [0, 0.1) is 0 Å². The van der Waals surface area contributed by atoms with Crippen molar-refractivity contribution in [1.82, 2.24) is 5.32 Å². The van der Waals surface area contributed by atoms with E-state index < -0.39 is 18.2 Å². The standard InChI is InChI=1S/C54H95NO5/c1-4-7-10-13-16-19-22-24-25-26-27-29-31-33-36-39-42-45-50(60-54(59)47-44-41-38-35-32-28-23-20-17-14-11-8-5-2)48-53(58)55-51(49-56)52(57)46-43-40-37-34-30-21-18-15-12-9-6-3/h8,11,14,16-17,19-20,23-25,27,29,50-52,56-57H,4-7,9-10,12-13,15,18,21-22,26,28,30-49H2,1-3H3,(H,55,58)/b11-8+,17-14+,19-16-,23-20-,25-24-,29-27-. The molecule has 0 saturated carbocycles. The highest BCUT2D eigenvalue weighted by Gasteiger charge is 2.24. The smallest absolute Gasteiger partial charge is 0.306 e. The Morgan fingerprint density at radius 2 is 0.967 bits per heavy atom. The summed E-state index contributed by atoms with van der Waals surface area (Å²) in [5.74, 6) is -0.522. The van der Waals surface area contributed by atoms with Crippen molar-refractivity contribution in [1.29, 1.82) is 0 Å². The number of nitrogens with one attached hydrogen (secondary N) is 1. The summed E-state index contributed by atoms with van der Waals surface area (Å²) in [5, 5.41) is 23.7. The zero-order valence-corrected chi connectivity index (χ0v) is 39.3. The van der Waals surface area contributed by atoms with Crippen LogP contribution in [0.4, 0.5) is 0 Å². The van der Waals surface area contributed by atoms with Gasteiger partial charge in [-0.15, -0.1) is 0 Å². The predicted octanol–water partition coefficient (Wildman–Crippen LogP) is 15.0. The Morgan fingerprint density at radius 3 is 1.53 bits per heavy atom. The van der Waals surface area contributed by atoms with Crippen LogP contribution < -0.4 is 5.32 Å².